The third-order valence-corrected chi connectivity index (χ3v) is 4.39. The fourth-order valence-electron chi connectivity index (χ4n) is 2.50. The molecule has 1 N–H and O–H groups in total. The maximum atomic E-state index is 4.76. The van der Waals surface area contributed by atoms with Gasteiger partial charge in [0.15, 0.2) is 0 Å². The molecule has 0 fully saturated rings. The molecular weight excluding hydrogens is 266 g/mol. The maximum absolute atomic E-state index is 4.76. The molecule has 2 aromatic rings. The van der Waals surface area contributed by atoms with E-state index in [0.29, 0.717) is 0 Å². The number of fused-ring (bicyclic) bond motifs is 1. The summed E-state index contributed by atoms with van der Waals surface area (Å²) in [6, 6.07) is 8.46. The SMILES string of the molecule is CC(C)(C)Nc1cccc(N2CCc3sccc3C2)n1. The van der Waals surface area contributed by atoms with Gasteiger partial charge in [0.25, 0.3) is 0 Å². The molecule has 1 aliphatic rings. The molecule has 20 heavy (non-hydrogen) atoms. The number of hydrogen-bond acceptors (Lipinski definition) is 4. The molecule has 0 saturated carbocycles. The summed E-state index contributed by atoms with van der Waals surface area (Å²) in [6.45, 7) is 8.49. The van der Waals surface area contributed by atoms with Crippen LogP contribution in [0, 0.1) is 0 Å². The third kappa shape index (κ3) is 2.96. The van der Waals surface area contributed by atoms with E-state index in [2.05, 4.69) is 54.6 Å². The van der Waals surface area contributed by atoms with Crippen LogP contribution in [-0.2, 0) is 13.0 Å². The van der Waals surface area contributed by atoms with Crippen molar-refractivity contribution in [3.63, 3.8) is 0 Å². The maximum Gasteiger partial charge on any atom is 0.131 e. The predicted molar refractivity (Wildman–Crippen MR) is 86.7 cm³/mol. The molecule has 0 aliphatic carbocycles. The van der Waals surface area contributed by atoms with Crippen molar-refractivity contribution in [1.29, 1.82) is 0 Å². The van der Waals surface area contributed by atoms with Crippen molar-refractivity contribution in [2.45, 2.75) is 39.3 Å². The van der Waals surface area contributed by atoms with E-state index in [-0.39, 0.29) is 5.54 Å². The highest BCUT2D eigenvalue weighted by Gasteiger charge is 2.19. The third-order valence-electron chi connectivity index (χ3n) is 3.37. The minimum absolute atomic E-state index is 0.0358. The number of nitrogens with one attached hydrogen (secondary N) is 1. The molecule has 0 spiro atoms. The van der Waals surface area contributed by atoms with Crippen LogP contribution in [0.25, 0.3) is 0 Å². The predicted octanol–water partition coefficient (Wildman–Crippen LogP) is 3.92. The summed E-state index contributed by atoms with van der Waals surface area (Å²) < 4.78 is 0. The van der Waals surface area contributed by atoms with E-state index in [1.807, 2.05) is 17.4 Å². The molecule has 2 aromatic heterocycles. The first-order valence-corrected chi connectivity index (χ1v) is 7.95. The zero-order chi connectivity index (χ0) is 14.2. The van der Waals surface area contributed by atoms with Gasteiger partial charge in [0.2, 0.25) is 0 Å². The van der Waals surface area contributed by atoms with Crippen LogP contribution < -0.4 is 10.2 Å². The lowest BCUT2D eigenvalue weighted by atomic mass is 10.1. The Bertz CT molecular complexity index is 598. The molecule has 0 bridgehead atoms. The second-order valence-electron chi connectivity index (χ2n) is 6.30. The fraction of sp³-hybridized carbons (Fsp3) is 0.438. The van der Waals surface area contributed by atoms with Gasteiger partial charge >= 0.3 is 0 Å². The van der Waals surface area contributed by atoms with Crippen LogP contribution in [0.5, 0.6) is 0 Å². The molecule has 0 aromatic carbocycles. The first kappa shape index (κ1) is 13.4. The van der Waals surface area contributed by atoms with Crippen molar-refractivity contribution in [1.82, 2.24) is 4.98 Å². The van der Waals surface area contributed by atoms with E-state index in [1.54, 1.807) is 0 Å². The molecular formula is C16H21N3S. The van der Waals surface area contributed by atoms with Gasteiger partial charge in [-0.1, -0.05) is 6.07 Å². The van der Waals surface area contributed by atoms with E-state index in [9.17, 15) is 0 Å². The zero-order valence-corrected chi connectivity index (χ0v) is 13.1. The number of rotatable bonds is 2. The average Bonchev–Trinajstić information content (AvgIpc) is 2.84. The molecule has 4 heteroatoms. The Labute approximate surface area is 124 Å². The highest BCUT2D eigenvalue weighted by Crippen LogP contribution is 2.27. The molecule has 0 unspecified atom stereocenters. The van der Waals surface area contributed by atoms with Gasteiger partial charge in [-0.2, -0.15) is 0 Å². The lowest BCUT2D eigenvalue weighted by Crippen LogP contribution is -2.31. The lowest BCUT2D eigenvalue weighted by molar-refractivity contribution is 0.629. The molecule has 0 amide bonds. The van der Waals surface area contributed by atoms with E-state index < -0.39 is 0 Å². The van der Waals surface area contributed by atoms with Gasteiger partial charge in [0.05, 0.1) is 0 Å². The van der Waals surface area contributed by atoms with Crippen LogP contribution in [0.1, 0.15) is 31.2 Å². The second-order valence-corrected chi connectivity index (χ2v) is 7.30. The van der Waals surface area contributed by atoms with Crippen molar-refractivity contribution in [3.05, 3.63) is 40.1 Å². The van der Waals surface area contributed by atoms with Gasteiger partial charge in [-0.3, -0.25) is 0 Å². The number of nitrogens with zero attached hydrogens (tertiary/aromatic N) is 2. The van der Waals surface area contributed by atoms with E-state index in [4.69, 9.17) is 4.98 Å². The van der Waals surface area contributed by atoms with Crippen LogP contribution in [-0.4, -0.2) is 17.1 Å². The van der Waals surface area contributed by atoms with Crippen LogP contribution in [0.4, 0.5) is 11.6 Å². The van der Waals surface area contributed by atoms with E-state index >= 15 is 0 Å². The number of pyridine rings is 1. The Morgan fingerprint density at radius 1 is 1.25 bits per heavy atom. The fourth-order valence-corrected chi connectivity index (χ4v) is 3.39. The molecule has 3 heterocycles. The Balaban J connectivity index is 1.80. The Morgan fingerprint density at radius 2 is 2.10 bits per heavy atom. The van der Waals surface area contributed by atoms with E-state index in [1.165, 1.54) is 10.4 Å². The largest absolute Gasteiger partial charge is 0.365 e. The highest BCUT2D eigenvalue weighted by atomic mass is 32.1. The lowest BCUT2D eigenvalue weighted by Gasteiger charge is -2.29. The number of hydrogen-bond donors (Lipinski definition) is 1. The molecule has 0 atom stereocenters. The van der Waals surface area contributed by atoms with Crippen molar-refractivity contribution in [3.8, 4) is 0 Å². The summed E-state index contributed by atoms with van der Waals surface area (Å²) in [7, 11) is 0. The Hall–Kier alpha value is -1.55. The van der Waals surface area contributed by atoms with Gasteiger partial charge in [-0.15, -0.1) is 11.3 Å². The minimum Gasteiger partial charge on any atom is -0.365 e. The first-order chi connectivity index (χ1) is 9.51. The summed E-state index contributed by atoms with van der Waals surface area (Å²) in [5.74, 6) is 2.02. The summed E-state index contributed by atoms with van der Waals surface area (Å²) >= 11 is 1.87. The zero-order valence-electron chi connectivity index (χ0n) is 12.3. The molecule has 106 valence electrons. The van der Waals surface area contributed by atoms with Gasteiger partial charge in [0.1, 0.15) is 11.6 Å². The van der Waals surface area contributed by atoms with Crippen molar-refractivity contribution < 1.29 is 0 Å². The van der Waals surface area contributed by atoms with Gasteiger partial charge in [-0.25, -0.2) is 4.98 Å². The second kappa shape index (κ2) is 5.09. The van der Waals surface area contributed by atoms with Crippen LogP contribution >= 0.6 is 11.3 Å². The Kier molecular flexibility index (Phi) is 3.42. The van der Waals surface area contributed by atoms with E-state index in [0.717, 1.165) is 31.1 Å². The molecule has 3 rings (SSSR count). The van der Waals surface area contributed by atoms with Crippen molar-refractivity contribution in [2.75, 3.05) is 16.8 Å². The molecule has 0 radical (unpaired) electrons. The average molecular weight is 287 g/mol. The first-order valence-electron chi connectivity index (χ1n) is 7.07. The summed E-state index contributed by atoms with van der Waals surface area (Å²) in [4.78, 5) is 8.65. The van der Waals surface area contributed by atoms with Crippen molar-refractivity contribution >= 4 is 23.0 Å². The quantitative estimate of drug-likeness (QED) is 0.907. The van der Waals surface area contributed by atoms with Gasteiger partial charge < -0.3 is 10.2 Å². The molecule has 1 aliphatic heterocycles. The van der Waals surface area contributed by atoms with Crippen LogP contribution in [0.15, 0.2) is 29.6 Å². The highest BCUT2D eigenvalue weighted by molar-refractivity contribution is 7.10. The monoisotopic (exact) mass is 287 g/mol. The topological polar surface area (TPSA) is 28.2 Å². The van der Waals surface area contributed by atoms with Crippen LogP contribution in [0.2, 0.25) is 0 Å². The summed E-state index contributed by atoms with van der Waals surface area (Å²) in [6.07, 6.45) is 1.13. The normalized spacial score (nSPS) is 15.1. The standard InChI is InChI=1S/C16H21N3S/c1-16(2,3)18-14-5-4-6-15(17-14)19-9-7-13-12(11-19)8-10-20-13/h4-6,8,10H,7,9,11H2,1-3H3,(H,17,18). The summed E-state index contributed by atoms with van der Waals surface area (Å²) in [5.41, 5.74) is 1.49. The molecule has 3 nitrogen and oxygen atoms in total. The van der Waals surface area contributed by atoms with Crippen LogP contribution in [0.3, 0.4) is 0 Å². The summed E-state index contributed by atoms with van der Waals surface area (Å²) in [5, 5.41) is 5.63. The number of thiophene rings is 1. The van der Waals surface area contributed by atoms with Gasteiger partial charge in [-0.05, 0) is 56.3 Å². The smallest absolute Gasteiger partial charge is 0.131 e. The molecule has 0 saturated heterocycles. The minimum atomic E-state index is 0.0358. The van der Waals surface area contributed by atoms with Gasteiger partial charge in [0, 0.05) is 23.5 Å². The number of aromatic nitrogens is 1. The number of anilines is 2. The Morgan fingerprint density at radius 3 is 2.90 bits per heavy atom. The van der Waals surface area contributed by atoms with Crippen molar-refractivity contribution in [2.24, 2.45) is 0 Å².